The highest BCUT2D eigenvalue weighted by molar-refractivity contribution is 5.99. The Hall–Kier alpha value is -3.75. The number of fused-ring (bicyclic) bond motifs is 3. The first kappa shape index (κ1) is 18.3. The van der Waals surface area contributed by atoms with Gasteiger partial charge in [-0.3, -0.25) is 0 Å². The van der Waals surface area contributed by atoms with Crippen molar-refractivity contribution in [3.63, 3.8) is 0 Å². The Morgan fingerprint density at radius 2 is 1.80 bits per heavy atom. The van der Waals surface area contributed by atoms with E-state index in [-0.39, 0.29) is 6.03 Å². The molecule has 0 atom stereocenters. The molecule has 0 unspecified atom stereocenters. The number of benzene rings is 2. The van der Waals surface area contributed by atoms with Crippen molar-refractivity contribution in [3.05, 3.63) is 36.7 Å². The fraction of sp³-hybridized carbons (Fsp3) is 0.286. The van der Waals surface area contributed by atoms with E-state index in [0.717, 1.165) is 23.9 Å². The summed E-state index contributed by atoms with van der Waals surface area (Å²) in [5.41, 5.74) is 2.21. The van der Waals surface area contributed by atoms with Crippen molar-refractivity contribution in [1.82, 2.24) is 15.3 Å². The van der Waals surface area contributed by atoms with E-state index < -0.39 is 0 Å². The molecule has 0 spiro atoms. The number of carbonyl (C=O) groups is 1. The summed E-state index contributed by atoms with van der Waals surface area (Å²) >= 11 is 0. The Morgan fingerprint density at radius 3 is 2.53 bits per heavy atom. The van der Waals surface area contributed by atoms with Gasteiger partial charge in [0.1, 0.15) is 25.4 Å². The topological polar surface area (TPSA) is 107 Å². The first-order valence-corrected chi connectivity index (χ1v) is 9.77. The normalized spacial score (nSPS) is 14.8. The van der Waals surface area contributed by atoms with Crippen molar-refractivity contribution >= 4 is 34.1 Å². The third-order valence-corrected chi connectivity index (χ3v) is 4.92. The zero-order valence-corrected chi connectivity index (χ0v) is 16.4. The van der Waals surface area contributed by atoms with Crippen LogP contribution in [-0.2, 0) is 0 Å². The van der Waals surface area contributed by atoms with Crippen LogP contribution in [0.3, 0.4) is 0 Å². The maximum absolute atomic E-state index is 11.9. The minimum Gasteiger partial charge on any atom is -0.493 e. The Kier molecular flexibility index (Phi) is 4.62. The van der Waals surface area contributed by atoms with Crippen LogP contribution < -0.4 is 30.2 Å². The number of hydrogen-bond acceptors (Lipinski definition) is 7. The summed E-state index contributed by atoms with van der Waals surface area (Å²) in [6, 6.07) is 9.33. The number of nitrogens with zero attached hydrogens (tertiary/aromatic N) is 2. The number of urea groups is 1. The molecule has 9 heteroatoms. The van der Waals surface area contributed by atoms with Crippen LogP contribution in [0, 0.1) is 0 Å². The average Bonchev–Trinajstić information content (AvgIpc) is 3.58. The van der Waals surface area contributed by atoms with E-state index in [4.69, 9.17) is 14.2 Å². The maximum Gasteiger partial charge on any atom is 0.319 e. The first-order valence-electron chi connectivity index (χ1n) is 9.77. The van der Waals surface area contributed by atoms with Crippen molar-refractivity contribution in [2.45, 2.75) is 18.9 Å². The molecule has 0 radical (unpaired) electrons. The number of ether oxygens (including phenoxy) is 3. The lowest BCUT2D eigenvalue weighted by Gasteiger charge is -2.22. The number of nitrogens with one attached hydrogen (secondary N) is 3. The lowest BCUT2D eigenvalue weighted by atomic mass is 10.1. The van der Waals surface area contributed by atoms with Crippen LogP contribution in [-0.4, -0.2) is 42.4 Å². The molecule has 1 saturated carbocycles. The molecule has 3 N–H and O–H groups in total. The van der Waals surface area contributed by atoms with Gasteiger partial charge in [-0.05, 0) is 37.1 Å². The number of anilines is 3. The molecule has 1 aromatic heterocycles. The quantitative estimate of drug-likeness (QED) is 0.595. The Bertz CT molecular complexity index is 1100. The molecule has 1 aliphatic heterocycles. The van der Waals surface area contributed by atoms with Crippen molar-refractivity contribution in [3.8, 4) is 17.2 Å². The van der Waals surface area contributed by atoms with E-state index >= 15 is 0 Å². The van der Waals surface area contributed by atoms with Crippen molar-refractivity contribution < 1.29 is 19.0 Å². The zero-order chi connectivity index (χ0) is 20.5. The molecule has 9 nitrogen and oxygen atoms in total. The summed E-state index contributed by atoms with van der Waals surface area (Å²) in [6.45, 7) is 0.890. The van der Waals surface area contributed by atoms with Crippen LogP contribution >= 0.6 is 0 Å². The van der Waals surface area contributed by atoms with Gasteiger partial charge in [0.15, 0.2) is 11.5 Å². The number of hydrogen-bond donors (Lipinski definition) is 3. The third-order valence-electron chi connectivity index (χ3n) is 4.92. The third kappa shape index (κ3) is 3.61. The number of amides is 2. The van der Waals surface area contributed by atoms with E-state index in [1.807, 2.05) is 24.3 Å². The molecule has 154 valence electrons. The minimum absolute atomic E-state index is 0.183. The van der Waals surface area contributed by atoms with Gasteiger partial charge in [0, 0.05) is 23.5 Å². The Balaban J connectivity index is 1.41. The summed E-state index contributed by atoms with van der Waals surface area (Å²) in [4.78, 5) is 20.6. The number of aromatic nitrogens is 2. The predicted octanol–water partition coefficient (Wildman–Crippen LogP) is 3.44. The molecule has 2 heterocycles. The first-order chi connectivity index (χ1) is 14.7. The molecule has 0 bridgehead atoms. The number of carbonyl (C=O) groups excluding carboxylic acids is 1. The van der Waals surface area contributed by atoms with Crippen LogP contribution in [0.2, 0.25) is 0 Å². The highest BCUT2D eigenvalue weighted by Crippen LogP contribution is 2.46. The lowest BCUT2D eigenvalue weighted by Crippen LogP contribution is -2.30. The van der Waals surface area contributed by atoms with Gasteiger partial charge in [-0.15, -0.1) is 0 Å². The summed E-state index contributed by atoms with van der Waals surface area (Å²) in [6.07, 6.45) is 3.58. The van der Waals surface area contributed by atoms with Crippen molar-refractivity contribution in [2.24, 2.45) is 0 Å². The average molecular weight is 407 g/mol. The van der Waals surface area contributed by atoms with E-state index in [0.29, 0.717) is 53.5 Å². The van der Waals surface area contributed by atoms with Gasteiger partial charge in [-0.1, -0.05) is 0 Å². The summed E-state index contributed by atoms with van der Waals surface area (Å²) in [7, 11) is 1.58. The molecular weight excluding hydrogens is 386 g/mol. The molecule has 2 amide bonds. The van der Waals surface area contributed by atoms with Gasteiger partial charge in [0.25, 0.3) is 0 Å². The highest BCUT2D eigenvalue weighted by Gasteiger charge is 2.24. The van der Waals surface area contributed by atoms with E-state index in [1.165, 1.54) is 6.33 Å². The second-order valence-electron chi connectivity index (χ2n) is 7.13. The van der Waals surface area contributed by atoms with Gasteiger partial charge in [0.2, 0.25) is 5.75 Å². The molecule has 2 aromatic carbocycles. The molecule has 1 aliphatic carbocycles. The largest absolute Gasteiger partial charge is 0.493 e. The lowest BCUT2D eigenvalue weighted by molar-refractivity contribution is 0.167. The van der Waals surface area contributed by atoms with Gasteiger partial charge in [-0.25, -0.2) is 14.8 Å². The van der Waals surface area contributed by atoms with Gasteiger partial charge in [-0.2, -0.15) is 0 Å². The molecule has 30 heavy (non-hydrogen) atoms. The molecule has 3 aromatic rings. The second kappa shape index (κ2) is 7.58. The molecule has 1 fully saturated rings. The fourth-order valence-corrected chi connectivity index (χ4v) is 3.31. The standard InChI is InChI=1S/C21H21N5O4/c1-28-16-10-15-17(19-18(16)29-8-9-30-19)20(23-11-22-15)24-12-2-4-13(5-3-12)25-21(27)26-14-6-7-14/h2-5,10-11,14H,6-9H2,1H3,(H,22,23,24)(H2,25,26,27). The smallest absolute Gasteiger partial charge is 0.319 e. The van der Waals surface area contributed by atoms with Crippen molar-refractivity contribution in [1.29, 1.82) is 0 Å². The van der Waals surface area contributed by atoms with Gasteiger partial charge < -0.3 is 30.2 Å². The van der Waals surface area contributed by atoms with E-state index in [2.05, 4.69) is 25.9 Å². The van der Waals surface area contributed by atoms with E-state index in [9.17, 15) is 4.79 Å². The van der Waals surface area contributed by atoms with Crippen LogP contribution in [0.5, 0.6) is 17.2 Å². The van der Waals surface area contributed by atoms with Gasteiger partial charge in [0.05, 0.1) is 18.0 Å². The Morgan fingerprint density at radius 1 is 1.07 bits per heavy atom. The monoisotopic (exact) mass is 407 g/mol. The minimum atomic E-state index is -0.183. The summed E-state index contributed by atoms with van der Waals surface area (Å²) in [5.74, 6) is 2.28. The van der Waals surface area contributed by atoms with Crippen LogP contribution in [0.1, 0.15) is 12.8 Å². The van der Waals surface area contributed by atoms with E-state index in [1.54, 1.807) is 13.2 Å². The SMILES string of the molecule is COc1cc2ncnc(Nc3ccc(NC(=O)NC4CC4)cc3)c2c2c1OCCO2. The second-order valence-corrected chi connectivity index (χ2v) is 7.13. The molecule has 2 aliphatic rings. The summed E-state index contributed by atoms with van der Waals surface area (Å²) in [5, 5.41) is 9.75. The fourth-order valence-electron chi connectivity index (χ4n) is 3.31. The molecular formula is C21H21N5O4. The summed E-state index contributed by atoms with van der Waals surface area (Å²) < 4.78 is 17.1. The van der Waals surface area contributed by atoms with Crippen LogP contribution in [0.15, 0.2) is 36.7 Å². The van der Waals surface area contributed by atoms with Gasteiger partial charge >= 0.3 is 6.03 Å². The van der Waals surface area contributed by atoms with Crippen LogP contribution in [0.25, 0.3) is 10.9 Å². The number of rotatable bonds is 5. The maximum atomic E-state index is 11.9. The Labute approximate surface area is 172 Å². The molecule has 5 rings (SSSR count). The van der Waals surface area contributed by atoms with Crippen molar-refractivity contribution in [2.75, 3.05) is 31.0 Å². The molecule has 0 saturated heterocycles. The van der Waals surface area contributed by atoms with Crippen LogP contribution in [0.4, 0.5) is 22.0 Å². The predicted molar refractivity (Wildman–Crippen MR) is 112 cm³/mol. The number of methoxy groups -OCH3 is 1. The highest BCUT2D eigenvalue weighted by atomic mass is 16.6. The zero-order valence-electron chi connectivity index (χ0n) is 16.4.